The van der Waals surface area contributed by atoms with Crippen LogP contribution in [-0.4, -0.2) is 5.78 Å². The quantitative estimate of drug-likeness (QED) is 0.558. The molecular formula is C15H9Cl2NO2. The maximum atomic E-state index is 12.3. The normalized spacial score (nSPS) is 10.9. The van der Waals surface area contributed by atoms with Crippen LogP contribution >= 0.6 is 23.2 Å². The number of rotatable bonds is 2. The molecule has 0 amide bonds. The van der Waals surface area contributed by atoms with Gasteiger partial charge in [-0.3, -0.25) is 4.79 Å². The van der Waals surface area contributed by atoms with E-state index in [1.807, 2.05) is 0 Å². The average Bonchev–Trinajstić information content (AvgIpc) is 2.84. The first-order chi connectivity index (χ1) is 9.54. The lowest BCUT2D eigenvalue weighted by atomic mass is 10.1. The van der Waals surface area contributed by atoms with E-state index in [0.29, 0.717) is 26.9 Å². The van der Waals surface area contributed by atoms with Crippen molar-refractivity contribution in [2.45, 2.75) is 0 Å². The fourth-order valence-corrected chi connectivity index (χ4v) is 2.30. The molecule has 0 radical (unpaired) electrons. The van der Waals surface area contributed by atoms with Crippen LogP contribution < -0.4 is 5.73 Å². The highest BCUT2D eigenvalue weighted by molar-refractivity contribution is 6.33. The van der Waals surface area contributed by atoms with Crippen LogP contribution in [0, 0.1) is 0 Å². The second kappa shape index (κ2) is 4.85. The monoisotopic (exact) mass is 305 g/mol. The molecule has 0 atom stereocenters. The van der Waals surface area contributed by atoms with E-state index in [4.69, 9.17) is 33.4 Å². The van der Waals surface area contributed by atoms with Gasteiger partial charge in [0.1, 0.15) is 5.58 Å². The zero-order valence-electron chi connectivity index (χ0n) is 10.2. The lowest BCUT2D eigenvalue weighted by Gasteiger charge is -2.01. The molecule has 0 fully saturated rings. The van der Waals surface area contributed by atoms with Gasteiger partial charge in [0.05, 0.1) is 10.7 Å². The van der Waals surface area contributed by atoms with Crippen LogP contribution in [0.15, 0.2) is 46.9 Å². The molecule has 2 aromatic carbocycles. The van der Waals surface area contributed by atoms with E-state index in [1.165, 1.54) is 6.07 Å². The molecule has 0 bridgehead atoms. The SMILES string of the molecule is Nc1ccc(C(=O)c2cc3cc(Cl)ccc3o2)cc1Cl. The molecule has 0 saturated carbocycles. The Balaban J connectivity index is 2.05. The van der Waals surface area contributed by atoms with Crippen molar-refractivity contribution in [3.05, 3.63) is 63.8 Å². The van der Waals surface area contributed by atoms with Crippen molar-refractivity contribution >= 4 is 45.6 Å². The summed E-state index contributed by atoms with van der Waals surface area (Å²) >= 11 is 11.8. The van der Waals surface area contributed by atoms with Crippen LogP contribution in [0.25, 0.3) is 11.0 Å². The van der Waals surface area contributed by atoms with Gasteiger partial charge in [0.25, 0.3) is 0 Å². The fraction of sp³-hybridized carbons (Fsp3) is 0. The minimum absolute atomic E-state index is 0.239. The molecule has 5 heteroatoms. The number of hydrogen-bond acceptors (Lipinski definition) is 3. The molecule has 1 heterocycles. The Morgan fingerprint density at radius 2 is 1.85 bits per heavy atom. The summed E-state index contributed by atoms with van der Waals surface area (Å²) < 4.78 is 5.53. The van der Waals surface area contributed by atoms with Crippen molar-refractivity contribution in [2.24, 2.45) is 0 Å². The fourth-order valence-electron chi connectivity index (χ4n) is 1.94. The summed E-state index contributed by atoms with van der Waals surface area (Å²) in [6.07, 6.45) is 0. The number of hydrogen-bond donors (Lipinski definition) is 1. The van der Waals surface area contributed by atoms with Gasteiger partial charge in [0.2, 0.25) is 5.78 Å². The molecule has 0 spiro atoms. The van der Waals surface area contributed by atoms with Crippen molar-refractivity contribution in [3.63, 3.8) is 0 Å². The van der Waals surface area contributed by atoms with Crippen LogP contribution in [0.5, 0.6) is 0 Å². The lowest BCUT2D eigenvalue weighted by molar-refractivity contribution is 0.101. The van der Waals surface area contributed by atoms with Crippen LogP contribution in [0.3, 0.4) is 0 Å². The molecule has 3 aromatic rings. The number of fused-ring (bicyclic) bond motifs is 1. The van der Waals surface area contributed by atoms with Gasteiger partial charge >= 0.3 is 0 Å². The first-order valence-corrected chi connectivity index (χ1v) is 6.59. The van der Waals surface area contributed by atoms with E-state index < -0.39 is 0 Å². The maximum Gasteiger partial charge on any atom is 0.228 e. The number of carbonyl (C=O) groups excluding carboxylic acids is 1. The third-order valence-corrected chi connectivity index (χ3v) is 3.53. The minimum Gasteiger partial charge on any atom is -0.453 e. The van der Waals surface area contributed by atoms with E-state index in [2.05, 4.69) is 0 Å². The van der Waals surface area contributed by atoms with E-state index in [9.17, 15) is 4.79 Å². The number of ketones is 1. The third kappa shape index (κ3) is 2.26. The Morgan fingerprint density at radius 3 is 2.60 bits per heavy atom. The molecule has 0 aliphatic rings. The second-order valence-corrected chi connectivity index (χ2v) is 5.20. The molecular weight excluding hydrogens is 297 g/mol. The smallest absolute Gasteiger partial charge is 0.228 e. The number of anilines is 1. The highest BCUT2D eigenvalue weighted by Gasteiger charge is 2.15. The van der Waals surface area contributed by atoms with Gasteiger partial charge in [-0.25, -0.2) is 0 Å². The Kier molecular flexibility index (Phi) is 3.16. The van der Waals surface area contributed by atoms with Crippen molar-refractivity contribution < 1.29 is 9.21 Å². The molecule has 100 valence electrons. The number of furan rings is 1. The predicted molar refractivity (Wildman–Crippen MR) is 80.5 cm³/mol. The van der Waals surface area contributed by atoms with Gasteiger partial charge in [0.15, 0.2) is 5.76 Å². The number of carbonyl (C=O) groups is 1. The average molecular weight is 306 g/mol. The van der Waals surface area contributed by atoms with Crippen LogP contribution in [0.4, 0.5) is 5.69 Å². The second-order valence-electron chi connectivity index (χ2n) is 4.36. The molecule has 0 aliphatic heterocycles. The van der Waals surface area contributed by atoms with Crippen molar-refractivity contribution in [1.82, 2.24) is 0 Å². The molecule has 3 rings (SSSR count). The summed E-state index contributed by atoms with van der Waals surface area (Å²) in [5.74, 6) is -0.0117. The first-order valence-electron chi connectivity index (χ1n) is 5.83. The summed E-state index contributed by atoms with van der Waals surface area (Å²) in [4.78, 5) is 12.3. The topological polar surface area (TPSA) is 56.2 Å². The number of benzene rings is 2. The van der Waals surface area contributed by atoms with E-state index in [-0.39, 0.29) is 11.5 Å². The molecule has 0 saturated heterocycles. The van der Waals surface area contributed by atoms with Crippen LogP contribution in [0.1, 0.15) is 16.1 Å². The highest BCUT2D eigenvalue weighted by Crippen LogP contribution is 2.26. The van der Waals surface area contributed by atoms with Gasteiger partial charge in [-0.2, -0.15) is 0 Å². The molecule has 2 N–H and O–H groups in total. The van der Waals surface area contributed by atoms with Crippen LogP contribution in [0.2, 0.25) is 10.0 Å². The summed E-state index contributed by atoms with van der Waals surface area (Å²) in [6, 6.07) is 11.6. The number of nitrogens with two attached hydrogens (primary N) is 1. The van der Waals surface area contributed by atoms with E-state index in [0.717, 1.165) is 5.39 Å². The predicted octanol–water partition coefficient (Wildman–Crippen LogP) is 4.55. The third-order valence-electron chi connectivity index (χ3n) is 2.96. The number of nitrogen functional groups attached to an aromatic ring is 1. The molecule has 0 aliphatic carbocycles. The largest absolute Gasteiger partial charge is 0.453 e. The van der Waals surface area contributed by atoms with Crippen molar-refractivity contribution in [2.75, 3.05) is 5.73 Å². The Bertz CT molecular complexity index is 824. The summed E-state index contributed by atoms with van der Waals surface area (Å²) in [7, 11) is 0. The van der Waals surface area contributed by atoms with Gasteiger partial charge < -0.3 is 10.2 Å². The van der Waals surface area contributed by atoms with Crippen molar-refractivity contribution in [1.29, 1.82) is 0 Å². The lowest BCUT2D eigenvalue weighted by Crippen LogP contribution is -2.00. The van der Waals surface area contributed by atoms with E-state index >= 15 is 0 Å². The summed E-state index contributed by atoms with van der Waals surface area (Å²) in [5.41, 5.74) is 7.09. The van der Waals surface area contributed by atoms with Gasteiger partial charge in [-0.15, -0.1) is 0 Å². The zero-order chi connectivity index (χ0) is 14.3. The number of halogens is 2. The molecule has 0 unspecified atom stereocenters. The summed E-state index contributed by atoms with van der Waals surface area (Å²) in [6.45, 7) is 0. The minimum atomic E-state index is -0.251. The molecule has 3 nitrogen and oxygen atoms in total. The van der Waals surface area contributed by atoms with Crippen LogP contribution in [-0.2, 0) is 0 Å². The zero-order valence-corrected chi connectivity index (χ0v) is 11.7. The van der Waals surface area contributed by atoms with Gasteiger partial charge in [0, 0.05) is 16.0 Å². The highest BCUT2D eigenvalue weighted by atomic mass is 35.5. The van der Waals surface area contributed by atoms with Gasteiger partial charge in [-0.1, -0.05) is 23.2 Å². The van der Waals surface area contributed by atoms with E-state index in [1.54, 1.807) is 36.4 Å². The van der Waals surface area contributed by atoms with Gasteiger partial charge in [-0.05, 0) is 42.5 Å². The standard InChI is InChI=1S/C15H9Cl2NO2/c16-10-2-4-13-9(5-10)7-14(20-13)15(19)8-1-3-12(18)11(17)6-8/h1-7H,18H2. The van der Waals surface area contributed by atoms with Crippen molar-refractivity contribution in [3.8, 4) is 0 Å². The Hall–Kier alpha value is -1.97. The Morgan fingerprint density at radius 1 is 1.05 bits per heavy atom. The molecule has 20 heavy (non-hydrogen) atoms. The molecule has 1 aromatic heterocycles. The Labute approximate surface area is 124 Å². The maximum absolute atomic E-state index is 12.3. The first kappa shape index (κ1) is 13.0. The summed E-state index contributed by atoms with van der Waals surface area (Å²) in [5, 5.41) is 1.71.